The van der Waals surface area contributed by atoms with E-state index in [1.165, 1.54) is 0 Å². The van der Waals surface area contributed by atoms with E-state index >= 15 is 0 Å². The number of benzene rings is 2. The summed E-state index contributed by atoms with van der Waals surface area (Å²) in [6.45, 7) is 2.37. The number of fused-ring (bicyclic) bond motifs is 2. The van der Waals surface area contributed by atoms with E-state index in [1.54, 1.807) is 6.07 Å². The topological polar surface area (TPSA) is 44.8 Å². The minimum atomic E-state index is -0.0728. The predicted molar refractivity (Wildman–Crippen MR) is 76.2 cm³/mol. The monoisotopic (exact) mass is 282 g/mol. The second kappa shape index (κ2) is 4.52. The summed E-state index contributed by atoms with van der Waals surface area (Å²) < 4.78 is 16.8. The number of aldehydes is 1. The van der Waals surface area contributed by atoms with Crippen molar-refractivity contribution in [3.05, 3.63) is 53.1 Å². The van der Waals surface area contributed by atoms with Crippen molar-refractivity contribution < 1.29 is 19.0 Å². The Kier molecular flexibility index (Phi) is 2.64. The lowest BCUT2D eigenvalue weighted by molar-refractivity contribution is 0.112. The maximum Gasteiger partial charge on any atom is 0.231 e. The third kappa shape index (κ3) is 1.87. The summed E-state index contributed by atoms with van der Waals surface area (Å²) in [6, 6.07) is 11.4. The summed E-state index contributed by atoms with van der Waals surface area (Å²) >= 11 is 0. The summed E-state index contributed by atoms with van der Waals surface area (Å²) in [4.78, 5) is 10.9. The molecule has 0 saturated carbocycles. The molecule has 4 nitrogen and oxygen atoms in total. The van der Waals surface area contributed by atoms with Gasteiger partial charge in [0.15, 0.2) is 11.5 Å². The second-order valence-electron chi connectivity index (χ2n) is 5.35. The van der Waals surface area contributed by atoms with Crippen LogP contribution >= 0.6 is 0 Å². The lowest BCUT2D eigenvalue weighted by Gasteiger charge is -2.16. The SMILES string of the molecule is C[C@H]1c2cc(C=O)ccc2O[C@@H]1c1ccc2c(c1)OCO2. The fourth-order valence-electron chi connectivity index (χ4n) is 2.95. The molecule has 2 aromatic rings. The van der Waals surface area contributed by atoms with Crippen LogP contribution in [0.4, 0.5) is 0 Å². The fourth-order valence-corrected chi connectivity index (χ4v) is 2.95. The van der Waals surface area contributed by atoms with Crippen molar-refractivity contribution in [1.29, 1.82) is 0 Å². The molecule has 0 bridgehead atoms. The van der Waals surface area contributed by atoms with Gasteiger partial charge in [0, 0.05) is 17.0 Å². The fraction of sp³-hybridized carbons (Fsp3) is 0.235. The van der Waals surface area contributed by atoms with Crippen LogP contribution in [0, 0.1) is 0 Å². The molecule has 106 valence electrons. The molecule has 0 fully saturated rings. The Morgan fingerprint density at radius 3 is 2.71 bits per heavy atom. The molecule has 0 radical (unpaired) electrons. The van der Waals surface area contributed by atoms with Crippen LogP contribution in [0.25, 0.3) is 0 Å². The first-order valence-electron chi connectivity index (χ1n) is 6.91. The molecule has 2 heterocycles. The summed E-state index contributed by atoms with van der Waals surface area (Å²) in [6.07, 6.45) is 0.789. The Hall–Kier alpha value is -2.49. The Labute approximate surface area is 122 Å². The van der Waals surface area contributed by atoms with E-state index < -0.39 is 0 Å². The first-order chi connectivity index (χ1) is 10.3. The minimum absolute atomic E-state index is 0.0728. The van der Waals surface area contributed by atoms with Gasteiger partial charge in [0.25, 0.3) is 0 Å². The molecule has 0 saturated heterocycles. The molecule has 0 unspecified atom stereocenters. The maximum absolute atomic E-state index is 10.9. The van der Waals surface area contributed by atoms with Gasteiger partial charge in [0.05, 0.1) is 0 Å². The number of hydrogen-bond donors (Lipinski definition) is 0. The van der Waals surface area contributed by atoms with Crippen LogP contribution in [0.15, 0.2) is 36.4 Å². The number of carbonyl (C=O) groups excluding carboxylic acids is 1. The molecule has 0 amide bonds. The molecule has 0 spiro atoms. The molecule has 0 aromatic heterocycles. The lowest BCUT2D eigenvalue weighted by Crippen LogP contribution is -2.07. The Morgan fingerprint density at radius 1 is 1.05 bits per heavy atom. The van der Waals surface area contributed by atoms with Crippen LogP contribution in [0.1, 0.15) is 40.4 Å². The van der Waals surface area contributed by atoms with Crippen molar-refractivity contribution in [1.82, 2.24) is 0 Å². The van der Waals surface area contributed by atoms with E-state index in [1.807, 2.05) is 30.3 Å². The third-order valence-corrected chi connectivity index (χ3v) is 4.09. The molecule has 0 aliphatic carbocycles. The van der Waals surface area contributed by atoms with Crippen molar-refractivity contribution in [3.8, 4) is 17.2 Å². The van der Waals surface area contributed by atoms with Gasteiger partial charge in [-0.25, -0.2) is 0 Å². The highest BCUT2D eigenvalue weighted by molar-refractivity contribution is 5.76. The zero-order valence-electron chi connectivity index (χ0n) is 11.5. The highest BCUT2D eigenvalue weighted by Gasteiger charge is 2.33. The van der Waals surface area contributed by atoms with Crippen molar-refractivity contribution in [2.24, 2.45) is 0 Å². The zero-order chi connectivity index (χ0) is 14.4. The molecule has 4 heteroatoms. The van der Waals surface area contributed by atoms with Crippen LogP contribution in [0.2, 0.25) is 0 Å². The van der Waals surface area contributed by atoms with Crippen molar-refractivity contribution >= 4 is 6.29 Å². The van der Waals surface area contributed by atoms with E-state index in [0.717, 1.165) is 34.7 Å². The zero-order valence-corrected chi connectivity index (χ0v) is 11.5. The van der Waals surface area contributed by atoms with Crippen molar-refractivity contribution in [2.75, 3.05) is 6.79 Å². The first-order valence-corrected chi connectivity index (χ1v) is 6.91. The molecule has 21 heavy (non-hydrogen) atoms. The van der Waals surface area contributed by atoms with Gasteiger partial charge in [-0.2, -0.15) is 0 Å². The van der Waals surface area contributed by atoms with Gasteiger partial charge in [0.2, 0.25) is 6.79 Å². The van der Waals surface area contributed by atoms with E-state index in [0.29, 0.717) is 5.56 Å². The highest BCUT2D eigenvalue weighted by Crippen LogP contribution is 2.47. The molecule has 2 aliphatic heterocycles. The van der Waals surface area contributed by atoms with Crippen molar-refractivity contribution in [2.45, 2.75) is 18.9 Å². The molecule has 0 N–H and O–H groups in total. The largest absolute Gasteiger partial charge is 0.485 e. The molecule has 2 aliphatic rings. The third-order valence-electron chi connectivity index (χ3n) is 4.09. The van der Waals surface area contributed by atoms with E-state index in [9.17, 15) is 4.79 Å². The van der Waals surface area contributed by atoms with Crippen LogP contribution in [-0.4, -0.2) is 13.1 Å². The van der Waals surface area contributed by atoms with Crippen LogP contribution in [0.3, 0.4) is 0 Å². The quantitative estimate of drug-likeness (QED) is 0.791. The summed E-state index contributed by atoms with van der Waals surface area (Å²) in [5.74, 6) is 2.55. The lowest BCUT2D eigenvalue weighted by atomic mass is 9.92. The molecular weight excluding hydrogens is 268 g/mol. The van der Waals surface area contributed by atoms with Gasteiger partial charge in [-0.05, 0) is 35.9 Å². The average Bonchev–Trinajstić information content (AvgIpc) is 3.11. The van der Waals surface area contributed by atoms with Gasteiger partial charge in [-0.1, -0.05) is 13.0 Å². The number of carbonyl (C=O) groups is 1. The van der Waals surface area contributed by atoms with E-state index in [2.05, 4.69) is 6.92 Å². The number of rotatable bonds is 2. The van der Waals surface area contributed by atoms with Crippen LogP contribution < -0.4 is 14.2 Å². The predicted octanol–water partition coefficient (Wildman–Crippen LogP) is 3.47. The first kappa shape index (κ1) is 12.3. The average molecular weight is 282 g/mol. The normalized spacial score (nSPS) is 21.8. The summed E-state index contributed by atoms with van der Waals surface area (Å²) in [5, 5.41) is 0. The summed E-state index contributed by atoms with van der Waals surface area (Å²) in [7, 11) is 0. The van der Waals surface area contributed by atoms with Crippen LogP contribution in [-0.2, 0) is 0 Å². The van der Waals surface area contributed by atoms with E-state index in [4.69, 9.17) is 14.2 Å². The number of hydrogen-bond acceptors (Lipinski definition) is 4. The van der Waals surface area contributed by atoms with E-state index in [-0.39, 0.29) is 18.8 Å². The smallest absolute Gasteiger partial charge is 0.231 e. The maximum atomic E-state index is 10.9. The Morgan fingerprint density at radius 2 is 1.86 bits per heavy atom. The Bertz CT molecular complexity index is 723. The second-order valence-corrected chi connectivity index (χ2v) is 5.35. The van der Waals surface area contributed by atoms with Gasteiger partial charge in [0.1, 0.15) is 18.1 Å². The van der Waals surface area contributed by atoms with Crippen molar-refractivity contribution in [3.63, 3.8) is 0 Å². The molecular formula is C17H14O4. The van der Waals surface area contributed by atoms with Gasteiger partial charge < -0.3 is 14.2 Å². The van der Waals surface area contributed by atoms with Gasteiger partial charge >= 0.3 is 0 Å². The van der Waals surface area contributed by atoms with Crippen LogP contribution in [0.5, 0.6) is 17.2 Å². The minimum Gasteiger partial charge on any atom is -0.485 e. The molecule has 2 aromatic carbocycles. The molecule has 4 rings (SSSR count). The molecule has 2 atom stereocenters. The highest BCUT2D eigenvalue weighted by atomic mass is 16.7. The van der Waals surface area contributed by atoms with Gasteiger partial charge in [-0.3, -0.25) is 4.79 Å². The standard InChI is InChI=1S/C17H14O4/c1-10-13-6-11(8-18)2-4-14(13)21-17(10)12-3-5-15-16(7-12)20-9-19-15/h2-8,10,17H,9H2,1H3/t10-,17-/m0/s1. The summed E-state index contributed by atoms with van der Waals surface area (Å²) in [5.41, 5.74) is 2.80. The van der Waals surface area contributed by atoms with Gasteiger partial charge in [-0.15, -0.1) is 0 Å². The Balaban J connectivity index is 1.70. The number of ether oxygens (including phenoxy) is 3.